The summed E-state index contributed by atoms with van der Waals surface area (Å²) < 4.78 is 9.20. The number of nitrogens with zero attached hydrogens (tertiary/aromatic N) is 2. The molecule has 0 aliphatic heterocycles. The second-order valence-corrected chi connectivity index (χ2v) is 14.9. The van der Waals surface area contributed by atoms with Crippen LogP contribution < -0.4 is 9.80 Å². The highest BCUT2D eigenvalue weighted by atomic mass is 32.1. The third-order valence-electron chi connectivity index (χ3n) is 10.5. The molecule has 0 unspecified atom stereocenters. The second-order valence-electron chi connectivity index (χ2n) is 13.8. The zero-order chi connectivity index (χ0) is 35.6. The lowest BCUT2D eigenvalue weighted by molar-refractivity contribution is 0.670. The number of rotatable bonds is 6. The summed E-state index contributed by atoms with van der Waals surface area (Å²) in [6.45, 7) is 0. The Morgan fingerprint density at radius 3 is 1.31 bits per heavy atom. The van der Waals surface area contributed by atoms with Gasteiger partial charge in [-0.3, -0.25) is 0 Å². The molecule has 4 heteroatoms. The maximum absolute atomic E-state index is 6.66. The monoisotopic (exact) mass is 708 g/mol. The lowest BCUT2D eigenvalue weighted by Crippen LogP contribution is -2.09. The van der Waals surface area contributed by atoms with Gasteiger partial charge in [0, 0.05) is 65.1 Å². The van der Waals surface area contributed by atoms with Gasteiger partial charge in [0.15, 0.2) is 0 Å². The van der Waals surface area contributed by atoms with Crippen molar-refractivity contribution in [1.82, 2.24) is 0 Å². The fraction of sp³-hybridized carbons (Fsp3) is 0. The van der Waals surface area contributed by atoms with E-state index in [0.717, 1.165) is 56.1 Å². The first kappa shape index (κ1) is 30.7. The number of furan rings is 1. The number of hydrogen-bond donors (Lipinski definition) is 0. The normalized spacial score (nSPS) is 11.7. The van der Waals surface area contributed by atoms with Crippen molar-refractivity contribution in [3.05, 3.63) is 194 Å². The van der Waals surface area contributed by atoms with Gasteiger partial charge in [-0.1, -0.05) is 84.9 Å². The first-order valence-electron chi connectivity index (χ1n) is 18.2. The van der Waals surface area contributed by atoms with Gasteiger partial charge in [-0.25, -0.2) is 0 Å². The fourth-order valence-corrected chi connectivity index (χ4v) is 9.22. The minimum atomic E-state index is 0.903. The molecule has 54 heavy (non-hydrogen) atoms. The predicted molar refractivity (Wildman–Crippen MR) is 231 cm³/mol. The lowest BCUT2D eigenvalue weighted by Gasteiger charge is -2.25. The summed E-state index contributed by atoms with van der Waals surface area (Å²) in [6, 6.07) is 69.5. The van der Waals surface area contributed by atoms with E-state index < -0.39 is 0 Å². The zero-order valence-electron chi connectivity index (χ0n) is 29.2. The van der Waals surface area contributed by atoms with Crippen molar-refractivity contribution in [2.75, 3.05) is 9.80 Å². The summed E-state index contributed by atoms with van der Waals surface area (Å²) in [5, 5.41) is 9.64. The molecule has 0 bridgehead atoms. The molecular formula is C50H32N2OS. The number of thiophene rings is 1. The van der Waals surface area contributed by atoms with Crippen LogP contribution in [0.15, 0.2) is 199 Å². The molecule has 254 valence electrons. The van der Waals surface area contributed by atoms with Crippen molar-refractivity contribution in [3.63, 3.8) is 0 Å². The zero-order valence-corrected chi connectivity index (χ0v) is 30.0. The van der Waals surface area contributed by atoms with E-state index in [4.69, 9.17) is 4.42 Å². The summed E-state index contributed by atoms with van der Waals surface area (Å²) in [4.78, 5) is 4.63. The molecule has 0 N–H and O–H groups in total. The minimum absolute atomic E-state index is 0.903. The molecule has 9 aromatic carbocycles. The van der Waals surface area contributed by atoms with Crippen LogP contribution in [0.1, 0.15) is 0 Å². The SMILES string of the molecule is c1ccc(N(c2ccccc2)c2ccc3cc4c(cc3c2)oc2ccc3sc5cc6cc(N(c7ccccc7)c7ccccc7)ccc6cc5c3c24)cc1. The van der Waals surface area contributed by atoms with Crippen molar-refractivity contribution in [1.29, 1.82) is 0 Å². The van der Waals surface area contributed by atoms with E-state index in [9.17, 15) is 0 Å². The standard InChI is InChI=1S/C50H32N2OS/c1-5-13-37(14-6-1)51(38-15-7-2-8-16-38)41-23-21-33-29-43-46(31-35(33)27-41)53-45-25-26-47-50(49(43)45)44-30-34-22-24-42(28-36(34)32-48(44)54-47)52(39-17-9-3-10-18-39)40-19-11-4-12-20-40/h1-32H. The summed E-state index contributed by atoms with van der Waals surface area (Å²) in [6.07, 6.45) is 0. The Balaban J connectivity index is 1.05. The van der Waals surface area contributed by atoms with E-state index in [2.05, 4.69) is 204 Å². The van der Waals surface area contributed by atoms with Gasteiger partial charge in [0.1, 0.15) is 11.2 Å². The molecule has 0 saturated carbocycles. The molecule has 0 aliphatic rings. The molecule has 3 nitrogen and oxygen atoms in total. The molecule has 2 aromatic heterocycles. The first-order chi connectivity index (χ1) is 26.7. The number of anilines is 6. The van der Waals surface area contributed by atoms with E-state index in [0.29, 0.717) is 0 Å². The third-order valence-corrected chi connectivity index (χ3v) is 11.6. The van der Waals surface area contributed by atoms with E-state index in [1.807, 2.05) is 11.3 Å². The van der Waals surface area contributed by atoms with Crippen LogP contribution in [0.3, 0.4) is 0 Å². The van der Waals surface area contributed by atoms with Gasteiger partial charge < -0.3 is 14.2 Å². The summed E-state index contributed by atoms with van der Waals surface area (Å²) in [5.41, 5.74) is 8.56. The Kier molecular flexibility index (Phi) is 7.04. The molecule has 0 spiro atoms. The molecule has 0 radical (unpaired) electrons. The molecule has 11 aromatic rings. The topological polar surface area (TPSA) is 19.6 Å². The van der Waals surface area contributed by atoms with Gasteiger partial charge in [-0.05, 0) is 131 Å². The van der Waals surface area contributed by atoms with Gasteiger partial charge in [0.05, 0.1) is 0 Å². The van der Waals surface area contributed by atoms with Crippen LogP contribution in [-0.4, -0.2) is 0 Å². The Morgan fingerprint density at radius 1 is 0.315 bits per heavy atom. The number of para-hydroxylation sites is 4. The fourth-order valence-electron chi connectivity index (χ4n) is 8.08. The average Bonchev–Trinajstić information content (AvgIpc) is 3.77. The van der Waals surface area contributed by atoms with Crippen LogP contribution >= 0.6 is 11.3 Å². The van der Waals surface area contributed by atoms with Crippen LogP contribution in [0.5, 0.6) is 0 Å². The summed E-state index contributed by atoms with van der Waals surface area (Å²) in [7, 11) is 0. The lowest BCUT2D eigenvalue weighted by atomic mass is 10.0. The smallest absolute Gasteiger partial charge is 0.136 e. The Morgan fingerprint density at radius 2 is 0.796 bits per heavy atom. The average molecular weight is 709 g/mol. The van der Waals surface area contributed by atoms with Crippen LogP contribution in [0.25, 0.3) is 63.7 Å². The second kappa shape index (κ2) is 12.4. The Hall–Kier alpha value is -6.88. The van der Waals surface area contributed by atoms with Crippen molar-refractivity contribution in [2.45, 2.75) is 0 Å². The van der Waals surface area contributed by atoms with Gasteiger partial charge >= 0.3 is 0 Å². The van der Waals surface area contributed by atoms with Crippen molar-refractivity contribution in [3.8, 4) is 0 Å². The van der Waals surface area contributed by atoms with Crippen LogP contribution in [0.4, 0.5) is 34.1 Å². The van der Waals surface area contributed by atoms with Crippen molar-refractivity contribution in [2.24, 2.45) is 0 Å². The van der Waals surface area contributed by atoms with Gasteiger partial charge in [-0.15, -0.1) is 11.3 Å². The molecule has 0 saturated heterocycles. The van der Waals surface area contributed by atoms with Crippen molar-refractivity contribution >= 4 is 109 Å². The molecule has 11 rings (SSSR count). The van der Waals surface area contributed by atoms with Gasteiger partial charge in [-0.2, -0.15) is 0 Å². The Labute approximate surface area is 316 Å². The molecule has 0 aliphatic carbocycles. The number of fused-ring (bicyclic) bond motifs is 9. The van der Waals surface area contributed by atoms with Crippen LogP contribution in [0, 0.1) is 0 Å². The molecular weight excluding hydrogens is 677 g/mol. The van der Waals surface area contributed by atoms with E-state index in [-0.39, 0.29) is 0 Å². The maximum atomic E-state index is 6.66. The quantitative estimate of drug-likeness (QED) is 0.171. The van der Waals surface area contributed by atoms with Crippen LogP contribution in [0.2, 0.25) is 0 Å². The van der Waals surface area contributed by atoms with Crippen LogP contribution in [-0.2, 0) is 0 Å². The predicted octanol–water partition coefficient (Wildman–Crippen LogP) is 15.2. The van der Waals surface area contributed by atoms with Gasteiger partial charge in [0.2, 0.25) is 0 Å². The third kappa shape index (κ3) is 5.03. The largest absolute Gasteiger partial charge is 0.456 e. The summed E-state index contributed by atoms with van der Waals surface area (Å²) >= 11 is 1.85. The maximum Gasteiger partial charge on any atom is 0.136 e. The highest BCUT2D eigenvalue weighted by Gasteiger charge is 2.19. The van der Waals surface area contributed by atoms with Crippen molar-refractivity contribution < 1.29 is 4.42 Å². The molecule has 0 amide bonds. The van der Waals surface area contributed by atoms with E-state index in [1.54, 1.807) is 0 Å². The number of benzene rings is 9. The first-order valence-corrected chi connectivity index (χ1v) is 19.1. The Bertz CT molecular complexity index is 2860. The highest BCUT2D eigenvalue weighted by molar-refractivity contribution is 7.26. The van der Waals surface area contributed by atoms with Gasteiger partial charge in [0.25, 0.3) is 0 Å². The highest BCUT2D eigenvalue weighted by Crippen LogP contribution is 2.46. The molecule has 0 atom stereocenters. The van der Waals surface area contributed by atoms with E-state index in [1.165, 1.54) is 41.7 Å². The molecule has 0 fully saturated rings. The minimum Gasteiger partial charge on any atom is -0.456 e. The number of hydrogen-bond acceptors (Lipinski definition) is 4. The summed E-state index contributed by atoms with van der Waals surface area (Å²) in [5.74, 6) is 0. The molecule has 2 heterocycles. The van der Waals surface area contributed by atoms with E-state index >= 15 is 0 Å².